The molecule has 0 saturated heterocycles. The van der Waals surface area contributed by atoms with Gasteiger partial charge in [-0.25, -0.2) is 4.79 Å². The van der Waals surface area contributed by atoms with Crippen molar-refractivity contribution in [3.05, 3.63) is 35.4 Å². The Bertz CT molecular complexity index is 447. The van der Waals surface area contributed by atoms with E-state index in [0.717, 1.165) is 5.56 Å². The Morgan fingerprint density at radius 1 is 1.22 bits per heavy atom. The molecule has 0 aliphatic rings. The lowest BCUT2D eigenvalue weighted by atomic mass is 10.0. The smallest absolute Gasteiger partial charge is 0.407 e. The summed E-state index contributed by atoms with van der Waals surface area (Å²) in [6.45, 7) is 7.19. The lowest BCUT2D eigenvalue weighted by molar-refractivity contribution is 0.0523. The number of Topliss-reactive ketones (excluding diaryl/α,β-unsaturated/α-hetero) is 1. The van der Waals surface area contributed by atoms with Gasteiger partial charge in [0.1, 0.15) is 5.60 Å². The number of hydrogen-bond acceptors (Lipinski definition) is 3. The number of nitrogens with one attached hydrogen (secondary N) is 1. The maximum absolute atomic E-state index is 11.5. The van der Waals surface area contributed by atoms with Gasteiger partial charge < -0.3 is 10.1 Å². The van der Waals surface area contributed by atoms with E-state index in [-0.39, 0.29) is 12.3 Å². The van der Waals surface area contributed by atoms with Gasteiger partial charge in [-0.2, -0.15) is 0 Å². The minimum Gasteiger partial charge on any atom is -0.444 e. The van der Waals surface area contributed by atoms with Gasteiger partial charge in [0.2, 0.25) is 0 Å². The Morgan fingerprint density at radius 2 is 1.83 bits per heavy atom. The number of alkyl carbamates (subject to hydrolysis) is 1. The highest BCUT2D eigenvalue weighted by molar-refractivity contribution is 5.95. The fourth-order valence-corrected chi connectivity index (χ4v) is 1.50. The molecule has 1 amide bonds. The number of ketones is 1. The molecule has 98 valence electrons. The summed E-state index contributed by atoms with van der Waals surface area (Å²) in [5, 5.41) is 2.64. The zero-order chi connectivity index (χ0) is 13.8. The highest BCUT2D eigenvalue weighted by atomic mass is 16.6. The maximum Gasteiger partial charge on any atom is 0.407 e. The fourth-order valence-electron chi connectivity index (χ4n) is 1.50. The summed E-state index contributed by atoms with van der Waals surface area (Å²) in [7, 11) is 0. The minimum atomic E-state index is -0.524. The van der Waals surface area contributed by atoms with Gasteiger partial charge in [0.25, 0.3) is 0 Å². The van der Waals surface area contributed by atoms with Crippen LogP contribution in [0.5, 0.6) is 0 Å². The Kier molecular flexibility index (Phi) is 4.48. The molecule has 0 radical (unpaired) electrons. The molecular formula is C14H19NO3. The number of rotatable bonds is 3. The van der Waals surface area contributed by atoms with Crippen LogP contribution in [0.4, 0.5) is 4.79 Å². The largest absolute Gasteiger partial charge is 0.444 e. The van der Waals surface area contributed by atoms with E-state index in [1.54, 1.807) is 32.9 Å². The SMILES string of the molecule is CC(=O)c1ccccc1CNC(=O)OC(C)(C)C. The quantitative estimate of drug-likeness (QED) is 0.838. The summed E-state index contributed by atoms with van der Waals surface area (Å²) in [4.78, 5) is 22.9. The second kappa shape index (κ2) is 5.67. The van der Waals surface area contributed by atoms with E-state index in [2.05, 4.69) is 5.32 Å². The predicted octanol–water partition coefficient (Wildman–Crippen LogP) is 2.91. The lowest BCUT2D eigenvalue weighted by Gasteiger charge is -2.20. The van der Waals surface area contributed by atoms with Gasteiger partial charge in [-0.05, 0) is 33.3 Å². The molecule has 0 saturated carbocycles. The van der Waals surface area contributed by atoms with E-state index in [1.807, 2.05) is 12.1 Å². The van der Waals surface area contributed by atoms with E-state index < -0.39 is 11.7 Å². The number of ether oxygens (including phenoxy) is 1. The first-order valence-electron chi connectivity index (χ1n) is 5.85. The Balaban J connectivity index is 2.64. The molecule has 4 heteroatoms. The Morgan fingerprint density at radius 3 is 2.39 bits per heavy atom. The number of carbonyl (C=O) groups excluding carboxylic acids is 2. The molecular weight excluding hydrogens is 230 g/mol. The highest BCUT2D eigenvalue weighted by Crippen LogP contribution is 2.10. The van der Waals surface area contributed by atoms with Gasteiger partial charge in [-0.3, -0.25) is 4.79 Å². The summed E-state index contributed by atoms with van der Waals surface area (Å²) in [6, 6.07) is 7.19. The molecule has 0 aliphatic carbocycles. The molecule has 0 unspecified atom stereocenters. The molecule has 1 rings (SSSR count). The van der Waals surface area contributed by atoms with Gasteiger partial charge >= 0.3 is 6.09 Å². The van der Waals surface area contributed by atoms with Gasteiger partial charge in [0.05, 0.1) is 0 Å². The normalized spacial score (nSPS) is 10.9. The van der Waals surface area contributed by atoms with E-state index in [4.69, 9.17) is 4.74 Å². The first-order chi connectivity index (χ1) is 8.29. The number of carbonyl (C=O) groups is 2. The van der Waals surface area contributed by atoms with Gasteiger partial charge in [0, 0.05) is 12.1 Å². The van der Waals surface area contributed by atoms with E-state index in [0.29, 0.717) is 5.56 Å². The number of benzene rings is 1. The van der Waals surface area contributed by atoms with Crippen molar-refractivity contribution >= 4 is 11.9 Å². The van der Waals surface area contributed by atoms with Crippen LogP contribution in [0.15, 0.2) is 24.3 Å². The van der Waals surface area contributed by atoms with Crippen LogP contribution in [0.2, 0.25) is 0 Å². The van der Waals surface area contributed by atoms with Crippen molar-refractivity contribution in [3.8, 4) is 0 Å². The van der Waals surface area contributed by atoms with Crippen molar-refractivity contribution in [2.24, 2.45) is 0 Å². The van der Waals surface area contributed by atoms with Crippen LogP contribution in [-0.4, -0.2) is 17.5 Å². The van der Waals surface area contributed by atoms with Crippen LogP contribution in [0.3, 0.4) is 0 Å². The van der Waals surface area contributed by atoms with Crippen LogP contribution in [0, 0.1) is 0 Å². The summed E-state index contributed by atoms with van der Waals surface area (Å²) in [6.07, 6.45) is -0.485. The van der Waals surface area contributed by atoms with Crippen molar-refractivity contribution in [2.75, 3.05) is 0 Å². The molecule has 0 bridgehead atoms. The summed E-state index contributed by atoms with van der Waals surface area (Å²) >= 11 is 0. The zero-order valence-electron chi connectivity index (χ0n) is 11.2. The third-order valence-electron chi connectivity index (χ3n) is 2.22. The van der Waals surface area contributed by atoms with E-state index in [1.165, 1.54) is 6.92 Å². The predicted molar refractivity (Wildman–Crippen MR) is 69.5 cm³/mol. The third-order valence-corrected chi connectivity index (χ3v) is 2.22. The second-order valence-corrected chi connectivity index (χ2v) is 5.07. The minimum absolute atomic E-state index is 0.0170. The average molecular weight is 249 g/mol. The topological polar surface area (TPSA) is 55.4 Å². The van der Waals surface area contributed by atoms with Crippen molar-refractivity contribution < 1.29 is 14.3 Å². The second-order valence-electron chi connectivity index (χ2n) is 5.07. The monoisotopic (exact) mass is 249 g/mol. The summed E-state index contributed by atoms with van der Waals surface area (Å²) in [5.41, 5.74) is 0.883. The molecule has 0 aliphatic heterocycles. The molecule has 0 aromatic heterocycles. The van der Waals surface area contributed by atoms with Crippen LogP contribution in [-0.2, 0) is 11.3 Å². The van der Waals surface area contributed by atoms with Crippen molar-refractivity contribution in [1.82, 2.24) is 5.32 Å². The Hall–Kier alpha value is -1.84. The molecule has 1 N–H and O–H groups in total. The van der Waals surface area contributed by atoms with Crippen LogP contribution >= 0.6 is 0 Å². The molecule has 4 nitrogen and oxygen atoms in total. The van der Waals surface area contributed by atoms with E-state index >= 15 is 0 Å². The molecule has 1 aromatic carbocycles. The Labute approximate surface area is 107 Å². The molecule has 0 heterocycles. The van der Waals surface area contributed by atoms with Crippen LogP contribution in [0.25, 0.3) is 0 Å². The van der Waals surface area contributed by atoms with Gasteiger partial charge in [-0.1, -0.05) is 24.3 Å². The first kappa shape index (κ1) is 14.2. The number of amides is 1. The van der Waals surface area contributed by atoms with Crippen LogP contribution in [0.1, 0.15) is 43.6 Å². The number of hydrogen-bond donors (Lipinski definition) is 1. The lowest BCUT2D eigenvalue weighted by Crippen LogP contribution is -2.32. The van der Waals surface area contributed by atoms with Crippen molar-refractivity contribution in [1.29, 1.82) is 0 Å². The van der Waals surface area contributed by atoms with Gasteiger partial charge in [0.15, 0.2) is 5.78 Å². The summed E-state index contributed by atoms with van der Waals surface area (Å²) in [5.74, 6) is -0.0170. The standard InChI is InChI=1S/C14H19NO3/c1-10(16)12-8-6-5-7-11(12)9-15-13(17)18-14(2,3)4/h5-8H,9H2,1-4H3,(H,15,17). The molecule has 0 atom stereocenters. The fraction of sp³-hybridized carbons (Fsp3) is 0.429. The molecule has 0 spiro atoms. The van der Waals surface area contributed by atoms with Crippen molar-refractivity contribution in [3.63, 3.8) is 0 Å². The van der Waals surface area contributed by atoms with Gasteiger partial charge in [-0.15, -0.1) is 0 Å². The third kappa shape index (κ3) is 4.57. The average Bonchev–Trinajstić information content (AvgIpc) is 2.24. The molecule has 18 heavy (non-hydrogen) atoms. The van der Waals surface area contributed by atoms with E-state index in [9.17, 15) is 9.59 Å². The maximum atomic E-state index is 11.5. The summed E-state index contributed by atoms with van der Waals surface area (Å²) < 4.78 is 5.12. The first-order valence-corrected chi connectivity index (χ1v) is 5.85. The molecule has 1 aromatic rings. The highest BCUT2D eigenvalue weighted by Gasteiger charge is 2.16. The van der Waals surface area contributed by atoms with Crippen molar-refractivity contribution in [2.45, 2.75) is 39.8 Å². The van der Waals surface area contributed by atoms with Crippen LogP contribution < -0.4 is 5.32 Å². The molecule has 0 fully saturated rings. The zero-order valence-corrected chi connectivity index (χ0v) is 11.2.